The van der Waals surface area contributed by atoms with E-state index in [2.05, 4.69) is 65.6 Å². The topological polar surface area (TPSA) is 69.1 Å². The summed E-state index contributed by atoms with van der Waals surface area (Å²) in [7, 11) is 0. The largest absolute Gasteiger partial charge is 0.425 e. The van der Waals surface area contributed by atoms with E-state index in [9.17, 15) is 4.79 Å². The highest BCUT2D eigenvalue weighted by Gasteiger charge is 2.17. The molecule has 0 bridgehead atoms. The van der Waals surface area contributed by atoms with E-state index in [1.807, 2.05) is 42.5 Å². The molecule has 0 aliphatic heterocycles. The van der Waals surface area contributed by atoms with Gasteiger partial charge in [0.2, 0.25) is 0 Å². The minimum Gasteiger partial charge on any atom is -0.425 e. The molecule has 5 rings (SSSR count). The highest BCUT2D eigenvalue weighted by atomic mass is 16.4. The van der Waals surface area contributed by atoms with Crippen LogP contribution in [-0.4, -0.2) is 4.98 Å². The van der Waals surface area contributed by atoms with Crippen LogP contribution in [0.15, 0.2) is 118 Å². The molecule has 0 unspecified atom stereocenters. The molecule has 35 heavy (non-hydrogen) atoms. The molecule has 1 heterocycles. The highest BCUT2D eigenvalue weighted by molar-refractivity contribution is 5.67. The molecule has 0 saturated heterocycles. The maximum absolute atomic E-state index is 12.3. The number of hydrogen-bond acceptors (Lipinski definition) is 4. The summed E-state index contributed by atoms with van der Waals surface area (Å²) in [5.74, 6) is 0.442. The van der Waals surface area contributed by atoms with Gasteiger partial charge in [0.1, 0.15) is 5.76 Å². The van der Waals surface area contributed by atoms with Gasteiger partial charge in [-0.15, -0.1) is 0 Å². The monoisotopic (exact) mass is 458 g/mol. The molecule has 1 aromatic heterocycles. The lowest BCUT2D eigenvalue weighted by Gasteiger charge is -2.18. The summed E-state index contributed by atoms with van der Waals surface area (Å²) in [6.45, 7) is 0. The van der Waals surface area contributed by atoms with Gasteiger partial charge >= 0.3 is 0 Å². The summed E-state index contributed by atoms with van der Waals surface area (Å²) in [6, 6.07) is 36.8. The fourth-order valence-corrected chi connectivity index (χ4v) is 4.48. The van der Waals surface area contributed by atoms with Gasteiger partial charge in [0.25, 0.3) is 11.6 Å². The van der Waals surface area contributed by atoms with Gasteiger partial charge in [-0.3, -0.25) is 4.79 Å². The molecule has 2 N–H and O–H groups in total. The van der Waals surface area contributed by atoms with Crippen LogP contribution in [0.5, 0.6) is 0 Å². The smallest absolute Gasteiger partial charge is 0.295 e. The summed E-state index contributed by atoms with van der Waals surface area (Å²) in [6.07, 6.45) is 2.24. The molecule has 0 amide bonds. The summed E-state index contributed by atoms with van der Waals surface area (Å²) in [4.78, 5) is 16.0. The van der Waals surface area contributed by atoms with Crippen LogP contribution in [0.1, 0.15) is 33.4 Å². The molecule has 172 valence electrons. The predicted octanol–water partition coefficient (Wildman–Crippen LogP) is 6.06. The zero-order valence-corrected chi connectivity index (χ0v) is 19.4. The van der Waals surface area contributed by atoms with Gasteiger partial charge in [-0.25, -0.2) is 0 Å². The molecule has 0 aliphatic rings. The van der Waals surface area contributed by atoms with Crippen LogP contribution < -0.4 is 11.3 Å². The van der Waals surface area contributed by atoms with E-state index in [-0.39, 0.29) is 6.01 Å². The number of anilines is 1. The second-order valence-corrected chi connectivity index (χ2v) is 8.67. The van der Waals surface area contributed by atoms with Crippen molar-refractivity contribution >= 4 is 6.01 Å². The number of benzene rings is 4. The Morgan fingerprint density at radius 2 is 1.17 bits per heavy atom. The average Bonchev–Trinajstić information content (AvgIpc) is 2.87. The summed E-state index contributed by atoms with van der Waals surface area (Å²) >= 11 is 0. The summed E-state index contributed by atoms with van der Waals surface area (Å²) in [5, 5.41) is 0. The normalized spacial score (nSPS) is 10.9. The van der Waals surface area contributed by atoms with E-state index in [1.165, 1.54) is 28.3 Å². The van der Waals surface area contributed by atoms with Gasteiger partial charge in [-0.1, -0.05) is 97.1 Å². The van der Waals surface area contributed by atoms with Crippen molar-refractivity contribution in [2.45, 2.75) is 19.3 Å². The van der Waals surface area contributed by atoms with Crippen molar-refractivity contribution in [2.75, 3.05) is 5.73 Å². The van der Waals surface area contributed by atoms with E-state index in [0.29, 0.717) is 12.2 Å². The number of nitrogens with two attached hydrogens (primary N) is 1. The second-order valence-electron chi connectivity index (χ2n) is 8.67. The molecule has 5 aromatic rings. The van der Waals surface area contributed by atoms with Crippen LogP contribution in [0, 0.1) is 0 Å². The first-order valence-corrected chi connectivity index (χ1v) is 11.7. The van der Waals surface area contributed by atoms with Gasteiger partial charge < -0.3 is 10.2 Å². The molecule has 0 spiro atoms. The lowest BCUT2D eigenvalue weighted by molar-refractivity contribution is 0.563. The van der Waals surface area contributed by atoms with Crippen LogP contribution in [-0.2, 0) is 19.3 Å². The summed E-state index contributed by atoms with van der Waals surface area (Å²) < 4.78 is 5.80. The highest BCUT2D eigenvalue weighted by Crippen LogP contribution is 2.32. The second kappa shape index (κ2) is 10.2. The quantitative estimate of drug-likeness (QED) is 0.322. The zero-order valence-electron chi connectivity index (χ0n) is 19.4. The number of rotatable bonds is 7. The first kappa shape index (κ1) is 22.4. The maximum atomic E-state index is 12.3. The Morgan fingerprint density at radius 1 is 0.629 bits per heavy atom. The number of hydrogen-bond donors (Lipinski definition) is 1. The first-order valence-electron chi connectivity index (χ1n) is 11.7. The van der Waals surface area contributed by atoms with Crippen molar-refractivity contribution in [1.29, 1.82) is 0 Å². The lowest BCUT2D eigenvalue weighted by atomic mass is 9.87. The molecule has 0 radical (unpaired) electrons. The van der Waals surface area contributed by atoms with E-state index in [0.717, 1.165) is 29.5 Å². The average molecular weight is 459 g/mol. The van der Waals surface area contributed by atoms with Crippen molar-refractivity contribution in [3.05, 3.63) is 153 Å². The van der Waals surface area contributed by atoms with Crippen molar-refractivity contribution in [3.8, 4) is 11.3 Å². The maximum Gasteiger partial charge on any atom is 0.295 e. The van der Waals surface area contributed by atoms with Crippen LogP contribution in [0.25, 0.3) is 11.3 Å². The van der Waals surface area contributed by atoms with E-state index < -0.39 is 5.56 Å². The molecular weight excluding hydrogens is 432 g/mol. The Hall–Kier alpha value is -4.44. The van der Waals surface area contributed by atoms with Crippen molar-refractivity contribution in [3.63, 3.8) is 0 Å². The minimum atomic E-state index is -0.410. The standard InChI is InChI=1S/C31H26N2O2/c32-31-33-30(34)21-29(35-31)28-20-25(16-22-10-4-1-5-11-22)18-26(17-23-12-6-2-7-13-23)27(28)19-24-14-8-3-9-15-24/h1-15,18,20-21H,16-17,19H2,(H2,32,33,34). The SMILES string of the molecule is Nc1nc(=O)cc(-c2cc(Cc3ccccc3)cc(Cc3ccccc3)c2Cc2ccccc2)o1. The Balaban J connectivity index is 1.70. The number of aromatic nitrogens is 1. The zero-order chi connectivity index (χ0) is 24.0. The molecule has 0 fully saturated rings. The van der Waals surface area contributed by atoms with Crippen molar-refractivity contribution in [2.24, 2.45) is 0 Å². The Bertz CT molecular complexity index is 1480. The van der Waals surface area contributed by atoms with Gasteiger partial charge in [-0.2, -0.15) is 4.98 Å². The molecule has 0 saturated carbocycles. The molecule has 0 aliphatic carbocycles. The third-order valence-electron chi connectivity index (χ3n) is 6.07. The Morgan fingerprint density at radius 3 is 1.74 bits per heavy atom. The van der Waals surface area contributed by atoms with Gasteiger partial charge in [0, 0.05) is 11.6 Å². The van der Waals surface area contributed by atoms with Gasteiger partial charge in [0.05, 0.1) is 0 Å². The lowest BCUT2D eigenvalue weighted by Crippen LogP contribution is -2.09. The Labute approximate surface area is 204 Å². The van der Waals surface area contributed by atoms with Crippen LogP contribution in [0.2, 0.25) is 0 Å². The third-order valence-corrected chi connectivity index (χ3v) is 6.07. The molecule has 0 atom stereocenters. The van der Waals surface area contributed by atoms with Gasteiger partial charge in [-0.05, 0) is 58.7 Å². The third kappa shape index (κ3) is 5.56. The molecule has 4 aromatic carbocycles. The molecular formula is C31H26N2O2. The number of nitrogen functional groups attached to an aromatic ring is 1. The van der Waals surface area contributed by atoms with E-state index in [1.54, 1.807) is 0 Å². The van der Waals surface area contributed by atoms with Crippen LogP contribution in [0.4, 0.5) is 6.01 Å². The Kier molecular flexibility index (Phi) is 6.53. The molecule has 4 heteroatoms. The predicted molar refractivity (Wildman–Crippen MR) is 140 cm³/mol. The van der Waals surface area contributed by atoms with Crippen molar-refractivity contribution < 1.29 is 4.42 Å². The van der Waals surface area contributed by atoms with Crippen LogP contribution in [0.3, 0.4) is 0 Å². The fourth-order valence-electron chi connectivity index (χ4n) is 4.48. The first-order chi connectivity index (χ1) is 17.1. The minimum absolute atomic E-state index is 0.128. The van der Waals surface area contributed by atoms with E-state index in [4.69, 9.17) is 10.2 Å². The van der Waals surface area contributed by atoms with Crippen molar-refractivity contribution in [1.82, 2.24) is 4.98 Å². The molecule has 4 nitrogen and oxygen atoms in total. The van der Waals surface area contributed by atoms with E-state index >= 15 is 0 Å². The number of nitrogens with zero attached hydrogens (tertiary/aromatic N) is 1. The fraction of sp³-hybridized carbons (Fsp3) is 0.0968. The van der Waals surface area contributed by atoms with Crippen LogP contribution >= 0.6 is 0 Å². The van der Waals surface area contributed by atoms with Gasteiger partial charge in [0.15, 0.2) is 0 Å². The summed E-state index contributed by atoms with van der Waals surface area (Å²) in [5.41, 5.74) is 13.4.